The van der Waals surface area contributed by atoms with Gasteiger partial charge in [0.25, 0.3) is 0 Å². The van der Waals surface area contributed by atoms with Crippen molar-refractivity contribution in [3.05, 3.63) is 34.7 Å². The minimum Gasteiger partial charge on any atom is -0.308 e. The van der Waals surface area contributed by atoms with Crippen LogP contribution < -0.4 is 5.32 Å². The number of hydrogen-bond donors (Lipinski definition) is 1. The highest BCUT2D eigenvalue weighted by Gasteiger charge is 2.08. The topological polar surface area (TPSA) is 41.5 Å². The third kappa shape index (κ3) is 3.66. The van der Waals surface area contributed by atoms with Gasteiger partial charge in [0.15, 0.2) is 0 Å². The first-order valence-electron chi connectivity index (χ1n) is 4.68. The minimum absolute atomic E-state index is 0.0879. The highest BCUT2D eigenvalue weighted by Crippen LogP contribution is 2.13. The molecule has 3 heteroatoms. The van der Waals surface area contributed by atoms with E-state index < -0.39 is 0 Å². The zero-order valence-electron chi connectivity index (χ0n) is 8.87. The average Bonchev–Trinajstić information content (AvgIpc) is 2.14. The van der Waals surface area contributed by atoms with Crippen molar-refractivity contribution in [1.29, 1.82) is 0 Å². The minimum atomic E-state index is 0.0879. The molecule has 1 aromatic carbocycles. The maximum absolute atomic E-state index is 10.3. The Labute approximate surface area is 84.5 Å². The van der Waals surface area contributed by atoms with Crippen molar-refractivity contribution in [2.75, 3.05) is 0 Å². The molecule has 0 aliphatic rings. The molecular formula is C11H16N2O. The van der Waals surface area contributed by atoms with Gasteiger partial charge >= 0.3 is 0 Å². The lowest BCUT2D eigenvalue weighted by Gasteiger charge is -2.20. The summed E-state index contributed by atoms with van der Waals surface area (Å²) in [5.41, 5.74) is 1.65. The predicted molar refractivity (Wildman–Crippen MR) is 58.5 cm³/mol. The zero-order chi connectivity index (χ0) is 10.6. The van der Waals surface area contributed by atoms with Crippen LogP contribution in [-0.2, 0) is 6.54 Å². The van der Waals surface area contributed by atoms with Crippen LogP contribution in [0.15, 0.2) is 29.4 Å². The summed E-state index contributed by atoms with van der Waals surface area (Å²) in [6.07, 6.45) is 0. The first kappa shape index (κ1) is 10.9. The zero-order valence-corrected chi connectivity index (χ0v) is 8.87. The Morgan fingerprint density at radius 3 is 2.64 bits per heavy atom. The summed E-state index contributed by atoms with van der Waals surface area (Å²) in [7, 11) is 0. The van der Waals surface area contributed by atoms with Crippen LogP contribution in [0.4, 0.5) is 5.69 Å². The molecule has 0 atom stereocenters. The molecule has 0 saturated carbocycles. The lowest BCUT2D eigenvalue weighted by Crippen LogP contribution is -2.34. The van der Waals surface area contributed by atoms with Crippen LogP contribution in [0.5, 0.6) is 0 Å². The van der Waals surface area contributed by atoms with Gasteiger partial charge in [-0.05, 0) is 43.6 Å². The Morgan fingerprint density at radius 1 is 1.36 bits per heavy atom. The van der Waals surface area contributed by atoms with Crippen molar-refractivity contribution in [2.45, 2.75) is 32.9 Å². The maximum atomic E-state index is 10.3. The summed E-state index contributed by atoms with van der Waals surface area (Å²) in [6.45, 7) is 7.07. The quantitative estimate of drug-likeness (QED) is 0.748. The van der Waals surface area contributed by atoms with E-state index in [1.54, 1.807) is 12.1 Å². The van der Waals surface area contributed by atoms with Gasteiger partial charge in [-0.1, -0.05) is 12.1 Å². The molecule has 0 heterocycles. The van der Waals surface area contributed by atoms with Crippen LogP contribution in [0.3, 0.4) is 0 Å². The second kappa shape index (κ2) is 4.33. The summed E-state index contributed by atoms with van der Waals surface area (Å²) < 4.78 is 0. The normalized spacial score (nSPS) is 11.4. The van der Waals surface area contributed by atoms with Crippen LogP contribution >= 0.6 is 0 Å². The average molecular weight is 192 g/mol. The monoisotopic (exact) mass is 192 g/mol. The fourth-order valence-electron chi connectivity index (χ4n) is 1.09. The Hall–Kier alpha value is -1.22. The first-order valence-corrected chi connectivity index (χ1v) is 4.68. The highest BCUT2D eigenvalue weighted by atomic mass is 16.3. The standard InChI is InChI=1S/C11H16N2O/c1-11(2,3)12-8-9-5-4-6-10(7-9)13-14/h4-7,12H,8H2,1-3H3. The molecule has 0 amide bonds. The molecule has 76 valence electrons. The van der Waals surface area contributed by atoms with Crippen molar-refractivity contribution in [3.8, 4) is 0 Å². The number of hydrogen-bond acceptors (Lipinski definition) is 3. The van der Waals surface area contributed by atoms with Gasteiger partial charge in [-0.25, -0.2) is 0 Å². The van der Waals surface area contributed by atoms with E-state index in [2.05, 4.69) is 31.3 Å². The molecule has 0 saturated heterocycles. The van der Waals surface area contributed by atoms with Crippen molar-refractivity contribution in [3.63, 3.8) is 0 Å². The lowest BCUT2D eigenvalue weighted by atomic mass is 10.1. The Kier molecular flexibility index (Phi) is 3.36. The Bertz CT molecular complexity index is 315. The Morgan fingerprint density at radius 2 is 2.07 bits per heavy atom. The predicted octanol–water partition coefficient (Wildman–Crippen LogP) is 2.97. The molecule has 0 aliphatic heterocycles. The maximum Gasteiger partial charge on any atom is 0.108 e. The van der Waals surface area contributed by atoms with Crippen LogP contribution in [0, 0.1) is 4.91 Å². The van der Waals surface area contributed by atoms with E-state index in [4.69, 9.17) is 0 Å². The van der Waals surface area contributed by atoms with Gasteiger partial charge in [0, 0.05) is 12.1 Å². The fourth-order valence-corrected chi connectivity index (χ4v) is 1.09. The van der Waals surface area contributed by atoms with Gasteiger partial charge in [-0.3, -0.25) is 0 Å². The largest absolute Gasteiger partial charge is 0.308 e. The molecule has 3 nitrogen and oxygen atoms in total. The van der Waals surface area contributed by atoms with Crippen LogP contribution in [0.2, 0.25) is 0 Å². The third-order valence-electron chi connectivity index (χ3n) is 1.84. The highest BCUT2D eigenvalue weighted by molar-refractivity contribution is 5.39. The van der Waals surface area contributed by atoms with E-state index in [-0.39, 0.29) is 5.54 Å². The van der Waals surface area contributed by atoms with Crippen LogP contribution in [0.25, 0.3) is 0 Å². The fraction of sp³-hybridized carbons (Fsp3) is 0.455. The molecule has 14 heavy (non-hydrogen) atoms. The molecule has 1 aromatic rings. The van der Waals surface area contributed by atoms with Crippen molar-refractivity contribution in [2.24, 2.45) is 5.18 Å². The molecule has 0 aromatic heterocycles. The van der Waals surface area contributed by atoms with E-state index >= 15 is 0 Å². The smallest absolute Gasteiger partial charge is 0.108 e. The summed E-state index contributed by atoms with van der Waals surface area (Å²) in [6, 6.07) is 7.32. The van der Waals surface area contributed by atoms with E-state index in [0.29, 0.717) is 5.69 Å². The van der Waals surface area contributed by atoms with E-state index in [1.165, 1.54) is 0 Å². The number of nitrogens with one attached hydrogen (secondary N) is 1. The lowest BCUT2D eigenvalue weighted by molar-refractivity contribution is 0.424. The second-order valence-corrected chi connectivity index (χ2v) is 4.36. The molecule has 0 fully saturated rings. The first-order chi connectivity index (χ1) is 6.51. The number of nitrogens with zero attached hydrogens (tertiary/aromatic N) is 1. The molecule has 0 bridgehead atoms. The molecule has 0 spiro atoms. The summed E-state index contributed by atoms with van der Waals surface area (Å²) in [5, 5.41) is 6.24. The van der Waals surface area contributed by atoms with Gasteiger partial charge in [-0.15, -0.1) is 4.91 Å². The van der Waals surface area contributed by atoms with Gasteiger partial charge in [0.05, 0.1) is 0 Å². The Balaban J connectivity index is 2.63. The van der Waals surface area contributed by atoms with E-state index in [0.717, 1.165) is 12.1 Å². The van der Waals surface area contributed by atoms with Crippen molar-refractivity contribution in [1.82, 2.24) is 5.32 Å². The van der Waals surface area contributed by atoms with Crippen LogP contribution in [0.1, 0.15) is 26.3 Å². The van der Waals surface area contributed by atoms with Crippen molar-refractivity contribution < 1.29 is 0 Å². The molecule has 1 rings (SSSR count). The number of nitroso groups, excluding NO2 is 1. The number of benzene rings is 1. The van der Waals surface area contributed by atoms with Gasteiger partial charge in [-0.2, -0.15) is 0 Å². The molecular weight excluding hydrogens is 176 g/mol. The van der Waals surface area contributed by atoms with Gasteiger partial charge in [0.1, 0.15) is 5.69 Å². The van der Waals surface area contributed by atoms with E-state index in [9.17, 15) is 4.91 Å². The van der Waals surface area contributed by atoms with Crippen LogP contribution in [-0.4, -0.2) is 5.54 Å². The molecule has 1 N–H and O–H groups in total. The summed E-state index contributed by atoms with van der Waals surface area (Å²) >= 11 is 0. The van der Waals surface area contributed by atoms with Gasteiger partial charge < -0.3 is 5.32 Å². The molecule has 0 aliphatic carbocycles. The summed E-state index contributed by atoms with van der Waals surface area (Å²) in [5.74, 6) is 0. The second-order valence-electron chi connectivity index (χ2n) is 4.36. The number of rotatable bonds is 3. The third-order valence-corrected chi connectivity index (χ3v) is 1.84. The SMILES string of the molecule is CC(C)(C)NCc1cccc(N=O)c1. The van der Waals surface area contributed by atoms with Gasteiger partial charge in [0.2, 0.25) is 0 Å². The molecule has 0 unspecified atom stereocenters. The molecule has 0 radical (unpaired) electrons. The van der Waals surface area contributed by atoms with Crippen molar-refractivity contribution >= 4 is 5.69 Å². The van der Waals surface area contributed by atoms with E-state index in [1.807, 2.05) is 12.1 Å². The summed E-state index contributed by atoms with van der Waals surface area (Å²) in [4.78, 5) is 10.3.